The largest absolute Gasteiger partial charge is 0.122 e. The van der Waals surface area contributed by atoms with Crippen molar-refractivity contribution in [1.29, 1.82) is 0 Å². The molecule has 0 N–H and O–H groups in total. The average Bonchev–Trinajstić information content (AvgIpc) is 1.94. The van der Waals surface area contributed by atoms with Crippen LogP contribution < -0.4 is 0 Å². The van der Waals surface area contributed by atoms with Gasteiger partial charge in [0.2, 0.25) is 0 Å². The Kier molecular flexibility index (Phi) is 2.98. The molecule has 0 aliphatic heterocycles. The summed E-state index contributed by atoms with van der Waals surface area (Å²) in [4.78, 5) is 0. The highest BCUT2D eigenvalue weighted by Gasteiger charge is 1.95. The summed E-state index contributed by atoms with van der Waals surface area (Å²) in [6, 6.07) is 6.30. The third-order valence-electron chi connectivity index (χ3n) is 1.46. The van der Waals surface area contributed by atoms with E-state index >= 15 is 0 Å². The molecule has 0 heterocycles. The van der Waals surface area contributed by atoms with Gasteiger partial charge in [0.1, 0.15) is 0 Å². The Labute approximate surface area is 79.7 Å². The first kappa shape index (κ1) is 8.34. The molecule has 1 aromatic rings. The molecule has 54 valence electrons. The van der Waals surface area contributed by atoms with E-state index in [0.717, 1.165) is 0 Å². The summed E-state index contributed by atoms with van der Waals surface area (Å²) < 4.78 is 1.25. The Morgan fingerprint density at radius 3 is 2.70 bits per heavy atom. The molecule has 0 fully saturated rings. The molecule has 0 radical (unpaired) electrons. The zero-order valence-electron chi connectivity index (χ0n) is 5.70. The SMILES string of the molecule is Cc1ccc(I)cc1CCl. The van der Waals surface area contributed by atoms with Gasteiger partial charge in [0.25, 0.3) is 0 Å². The molecule has 1 aromatic carbocycles. The first-order valence-corrected chi connectivity index (χ1v) is 4.66. The molecule has 0 saturated heterocycles. The van der Waals surface area contributed by atoms with Crippen LogP contribution in [0.3, 0.4) is 0 Å². The lowest BCUT2D eigenvalue weighted by Gasteiger charge is -2.00. The van der Waals surface area contributed by atoms with E-state index in [4.69, 9.17) is 11.6 Å². The van der Waals surface area contributed by atoms with E-state index in [2.05, 4.69) is 47.7 Å². The maximum Gasteiger partial charge on any atom is 0.0477 e. The highest BCUT2D eigenvalue weighted by molar-refractivity contribution is 14.1. The van der Waals surface area contributed by atoms with E-state index in [1.807, 2.05) is 0 Å². The van der Waals surface area contributed by atoms with Crippen LogP contribution >= 0.6 is 34.2 Å². The molecule has 0 aliphatic rings. The van der Waals surface area contributed by atoms with Crippen molar-refractivity contribution in [2.75, 3.05) is 0 Å². The monoisotopic (exact) mass is 266 g/mol. The van der Waals surface area contributed by atoms with Gasteiger partial charge < -0.3 is 0 Å². The summed E-state index contributed by atoms with van der Waals surface area (Å²) in [5.41, 5.74) is 2.50. The molecule has 0 bridgehead atoms. The minimum Gasteiger partial charge on any atom is -0.122 e. The van der Waals surface area contributed by atoms with Crippen molar-refractivity contribution in [3.05, 3.63) is 32.9 Å². The van der Waals surface area contributed by atoms with E-state index in [-0.39, 0.29) is 0 Å². The van der Waals surface area contributed by atoms with Gasteiger partial charge in [-0.2, -0.15) is 0 Å². The fourth-order valence-electron chi connectivity index (χ4n) is 0.784. The number of benzene rings is 1. The van der Waals surface area contributed by atoms with Crippen molar-refractivity contribution in [2.24, 2.45) is 0 Å². The molecular weight excluding hydrogens is 258 g/mol. The van der Waals surface area contributed by atoms with E-state index in [9.17, 15) is 0 Å². The van der Waals surface area contributed by atoms with Crippen LogP contribution in [-0.2, 0) is 5.88 Å². The zero-order chi connectivity index (χ0) is 7.56. The number of alkyl halides is 1. The van der Waals surface area contributed by atoms with Crippen LogP contribution in [0.5, 0.6) is 0 Å². The van der Waals surface area contributed by atoms with Crippen LogP contribution in [0.2, 0.25) is 0 Å². The third kappa shape index (κ3) is 1.86. The predicted octanol–water partition coefficient (Wildman–Crippen LogP) is 3.34. The van der Waals surface area contributed by atoms with E-state index in [0.29, 0.717) is 5.88 Å². The van der Waals surface area contributed by atoms with Gasteiger partial charge in [-0.25, -0.2) is 0 Å². The fraction of sp³-hybridized carbons (Fsp3) is 0.250. The maximum atomic E-state index is 5.70. The highest BCUT2D eigenvalue weighted by atomic mass is 127. The quantitative estimate of drug-likeness (QED) is 0.540. The molecule has 0 unspecified atom stereocenters. The predicted molar refractivity (Wildman–Crippen MR) is 53.5 cm³/mol. The molecule has 0 saturated carbocycles. The summed E-state index contributed by atoms with van der Waals surface area (Å²) in [5.74, 6) is 0.614. The van der Waals surface area contributed by atoms with Crippen molar-refractivity contribution in [1.82, 2.24) is 0 Å². The number of hydrogen-bond donors (Lipinski definition) is 0. The Balaban J connectivity index is 3.09. The maximum absolute atomic E-state index is 5.70. The molecule has 0 aliphatic carbocycles. The minimum absolute atomic E-state index is 0.614. The molecule has 2 heteroatoms. The van der Waals surface area contributed by atoms with Crippen LogP contribution in [-0.4, -0.2) is 0 Å². The summed E-state index contributed by atoms with van der Waals surface area (Å²) >= 11 is 7.99. The van der Waals surface area contributed by atoms with Gasteiger partial charge >= 0.3 is 0 Å². The Morgan fingerprint density at radius 2 is 2.20 bits per heavy atom. The Hall–Kier alpha value is 0.240. The average molecular weight is 267 g/mol. The van der Waals surface area contributed by atoms with Crippen molar-refractivity contribution in [3.63, 3.8) is 0 Å². The van der Waals surface area contributed by atoms with E-state index < -0.39 is 0 Å². The molecule has 0 amide bonds. The standard InChI is InChI=1S/C8H8ClI/c1-6-2-3-8(10)4-7(6)5-9/h2-4H,5H2,1H3. The van der Waals surface area contributed by atoms with Crippen molar-refractivity contribution >= 4 is 34.2 Å². The van der Waals surface area contributed by atoms with Crippen LogP contribution in [0.4, 0.5) is 0 Å². The van der Waals surface area contributed by atoms with Gasteiger partial charge in [0.05, 0.1) is 0 Å². The normalized spacial score (nSPS) is 9.90. The number of rotatable bonds is 1. The van der Waals surface area contributed by atoms with Crippen LogP contribution in [0, 0.1) is 10.5 Å². The molecule has 10 heavy (non-hydrogen) atoms. The number of aryl methyl sites for hydroxylation is 1. The van der Waals surface area contributed by atoms with Crippen molar-refractivity contribution in [2.45, 2.75) is 12.8 Å². The molecule has 0 nitrogen and oxygen atoms in total. The highest BCUT2D eigenvalue weighted by Crippen LogP contribution is 2.14. The van der Waals surface area contributed by atoms with E-state index in [1.165, 1.54) is 14.7 Å². The first-order chi connectivity index (χ1) is 4.74. The first-order valence-electron chi connectivity index (χ1n) is 3.05. The Morgan fingerprint density at radius 1 is 1.50 bits per heavy atom. The number of halogens is 2. The lowest BCUT2D eigenvalue weighted by molar-refractivity contribution is 1.29. The van der Waals surface area contributed by atoms with Crippen LogP contribution in [0.15, 0.2) is 18.2 Å². The molecular formula is C8H8ClI. The van der Waals surface area contributed by atoms with E-state index in [1.54, 1.807) is 0 Å². The van der Waals surface area contributed by atoms with Gasteiger partial charge in [0.15, 0.2) is 0 Å². The Bertz CT molecular complexity index is 233. The number of hydrogen-bond acceptors (Lipinski definition) is 0. The fourth-order valence-corrected chi connectivity index (χ4v) is 1.63. The molecule has 0 aromatic heterocycles. The topological polar surface area (TPSA) is 0 Å². The van der Waals surface area contributed by atoms with Gasteiger partial charge in [-0.1, -0.05) is 6.07 Å². The molecule has 1 rings (SSSR count). The summed E-state index contributed by atoms with van der Waals surface area (Å²) in [5, 5.41) is 0. The summed E-state index contributed by atoms with van der Waals surface area (Å²) in [6.45, 7) is 2.08. The second-order valence-electron chi connectivity index (χ2n) is 2.20. The van der Waals surface area contributed by atoms with Crippen LogP contribution in [0.25, 0.3) is 0 Å². The van der Waals surface area contributed by atoms with Gasteiger partial charge in [-0.15, -0.1) is 11.6 Å². The smallest absolute Gasteiger partial charge is 0.0477 e. The van der Waals surface area contributed by atoms with Gasteiger partial charge in [-0.05, 0) is 52.8 Å². The molecule has 0 spiro atoms. The van der Waals surface area contributed by atoms with Gasteiger partial charge in [0, 0.05) is 9.45 Å². The minimum atomic E-state index is 0.614. The summed E-state index contributed by atoms with van der Waals surface area (Å²) in [6.07, 6.45) is 0. The van der Waals surface area contributed by atoms with Crippen molar-refractivity contribution < 1.29 is 0 Å². The van der Waals surface area contributed by atoms with Gasteiger partial charge in [-0.3, -0.25) is 0 Å². The second kappa shape index (κ2) is 3.58. The second-order valence-corrected chi connectivity index (χ2v) is 3.72. The zero-order valence-corrected chi connectivity index (χ0v) is 8.61. The summed E-state index contributed by atoms with van der Waals surface area (Å²) in [7, 11) is 0. The van der Waals surface area contributed by atoms with Crippen LogP contribution in [0.1, 0.15) is 11.1 Å². The van der Waals surface area contributed by atoms with Crippen molar-refractivity contribution in [3.8, 4) is 0 Å². The lowest BCUT2D eigenvalue weighted by atomic mass is 10.1. The lowest BCUT2D eigenvalue weighted by Crippen LogP contribution is -1.84. The molecule has 0 atom stereocenters. The third-order valence-corrected chi connectivity index (χ3v) is 2.41.